The molecule has 0 saturated carbocycles. The molecule has 1 atom stereocenters. The molecule has 0 bridgehead atoms. The Kier molecular flexibility index (Phi) is 5.08. The molecule has 4 nitrogen and oxygen atoms in total. The molecule has 26 heavy (non-hydrogen) atoms. The molecule has 3 aromatic rings. The van der Waals surface area contributed by atoms with Crippen molar-refractivity contribution in [1.82, 2.24) is 15.1 Å². The molecule has 3 heterocycles. The molecular formula is C19H18FN3OS2. The standard InChI is InChI=1S/C19H18FN3OS2/c20-14-5-3-13(4-6-14)15-12-16(22-21-15)19(24)23-8-7-18(26-11-9-23)17-2-1-10-25-17/h1-6,10,12,18H,7-9,11H2,(H,21,22)/t18-/m1/s1. The lowest BCUT2D eigenvalue weighted by Crippen LogP contribution is -2.33. The lowest BCUT2D eigenvalue weighted by atomic mass is 10.1. The summed E-state index contributed by atoms with van der Waals surface area (Å²) in [5, 5.41) is 9.61. The van der Waals surface area contributed by atoms with Gasteiger partial charge in [-0.3, -0.25) is 9.89 Å². The highest BCUT2D eigenvalue weighted by Gasteiger charge is 2.24. The molecule has 1 aromatic carbocycles. The van der Waals surface area contributed by atoms with Crippen LogP contribution in [0.5, 0.6) is 0 Å². The lowest BCUT2D eigenvalue weighted by Gasteiger charge is -2.19. The summed E-state index contributed by atoms with van der Waals surface area (Å²) < 4.78 is 13.1. The fourth-order valence-corrected chi connectivity index (χ4v) is 5.28. The van der Waals surface area contributed by atoms with Gasteiger partial charge in [0.15, 0.2) is 0 Å². The highest BCUT2D eigenvalue weighted by atomic mass is 32.2. The van der Waals surface area contributed by atoms with Crippen LogP contribution in [0.3, 0.4) is 0 Å². The summed E-state index contributed by atoms with van der Waals surface area (Å²) in [6, 6.07) is 12.1. The number of thiophene rings is 1. The Morgan fingerprint density at radius 1 is 1.23 bits per heavy atom. The third kappa shape index (κ3) is 3.68. The molecular weight excluding hydrogens is 369 g/mol. The molecule has 1 fully saturated rings. The van der Waals surface area contributed by atoms with Crippen molar-refractivity contribution in [2.24, 2.45) is 0 Å². The SMILES string of the molecule is O=C(c1cc(-c2ccc(F)cc2)n[nH]1)N1CCS[C@@H](c2cccs2)CC1. The first-order valence-electron chi connectivity index (χ1n) is 8.46. The number of aromatic nitrogens is 2. The zero-order valence-electron chi connectivity index (χ0n) is 14.0. The van der Waals surface area contributed by atoms with E-state index >= 15 is 0 Å². The molecule has 7 heteroatoms. The predicted octanol–water partition coefficient (Wildman–Crippen LogP) is 4.60. The maximum Gasteiger partial charge on any atom is 0.271 e. The monoisotopic (exact) mass is 387 g/mol. The fourth-order valence-electron chi connectivity index (χ4n) is 3.05. The van der Waals surface area contributed by atoms with Crippen LogP contribution < -0.4 is 0 Å². The molecule has 2 aromatic heterocycles. The average Bonchev–Trinajstić information content (AvgIpc) is 3.30. The van der Waals surface area contributed by atoms with Crippen molar-refractivity contribution in [3.05, 3.63) is 64.2 Å². The van der Waals surface area contributed by atoms with Gasteiger partial charge in [0, 0.05) is 34.5 Å². The number of carbonyl (C=O) groups is 1. The van der Waals surface area contributed by atoms with Crippen molar-refractivity contribution in [3.8, 4) is 11.3 Å². The Labute approximate surface area is 159 Å². The van der Waals surface area contributed by atoms with Crippen LogP contribution in [0.1, 0.15) is 27.0 Å². The van der Waals surface area contributed by atoms with E-state index < -0.39 is 0 Å². The summed E-state index contributed by atoms with van der Waals surface area (Å²) in [6.45, 7) is 1.47. The summed E-state index contributed by atoms with van der Waals surface area (Å²) in [6.07, 6.45) is 0.954. The summed E-state index contributed by atoms with van der Waals surface area (Å²) in [7, 11) is 0. The second-order valence-electron chi connectivity index (χ2n) is 6.13. The van der Waals surface area contributed by atoms with Crippen molar-refractivity contribution in [3.63, 3.8) is 0 Å². The van der Waals surface area contributed by atoms with Crippen LogP contribution in [0, 0.1) is 5.82 Å². The minimum Gasteiger partial charge on any atom is -0.336 e. The van der Waals surface area contributed by atoms with E-state index in [0.29, 0.717) is 16.6 Å². The Bertz CT molecular complexity index is 877. The Balaban J connectivity index is 1.45. The van der Waals surface area contributed by atoms with Crippen LogP contribution in [-0.4, -0.2) is 39.8 Å². The van der Waals surface area contributed by atoms with Gasteiger partial charge in [-0.2, -0.15) is 16.9 Å². The van der Waals surface area contributed by atoms with Gasteiger partial charge in [-0.05, 0) is 48.2 Å². The number of benzene rings is 1. The van der Waals surface area contributed by atoms with Gasteiger partial charge in [0.25, 0.3) is 5.91 Å². The van der Waals surface area contributed by atoms with Gasteiger partial charge >= 0.3 is 0 Å². The number of hydrogen-bond donors (Lipinski definition) is 1. The third-order valence-electron chi connectivity index (χ3n) is 4.44. The van der Waals surface area contributed by atoms with Gasteiger partial charge in [0.05, 0.1) is 5.69 Å². The smallest absolute Gasteiger partial charge is 0.271 e. The van der Waals surface area contributed by atoms with E-state index in [4.69, 9.17) is 0 Å². The number of H-pyrrole nitrogens is 1. The number of hydrogen-bond acceptors (Lipinski definition) is 4. The summed E-state index contributed by atoms with van der Waals surface area (Å²) >= 11 is 3.70. The Morgan fingerprint density at radius 2 is 2.08 bits per heavy atom. The molecule has 134 valence electrons. The number of nitrogens with one attached hydrogen (secondary N) is 1. The molecule has 4 rings (SSSR count). The van der Waals surface area contributed by atoms with E-state index in [1.165, 1.54) is 17.0 Å². The summed E-state index contributed by atoms with van der Waals surface area (Å²) in [5.74, 6) is 0.606. The molecule has 1 aliphatic heterocycles. The molecule has 1 N–H and O–H groups in total. The van der Waals surface area contributed by atoms with Crippen molar-refractivity contribution >= 4 is 29.0 Å². The minimum atomic E-state index is -0.289. The van der Waals surface area contributed by atoms with Gasteiger partial charge in [-0.15, -0.1) is 11.3 Å². The van der Waals surface area contributed by atoms with E-state index in [1.54, 1.807) is 29.5 Å². The second kappa shape index (κ2) is 7.63. The van der Waals surface area contributed by atoms with E-state index in [9.17, 15) is 9.18 Å². The number of rotatable bonds is 3. The molecule has 1 amide bonds. The lowest BCUT2D eigenvalue weighted by molar-refractivity contribution is 0.0760. The minimum absolute atomic E-state index is 0.0294. The quantitative estimate of drug-likeness (QED) is 0.715. The third-order valence-corrected chi connectivity index (χ3v) is 6.88. The topological polar surface area (TPSA) is 49.0 Å². The predicted molar refractivity (Wildman–Crippen MR) is 104 cm³/mol. The largest absolute Gasteiger partial charge is 0.336 e. The number of aromatic amines is 1. The first kappa shape index (κ1) is 17.3. The number of nitrogens with zero attached hydrogens (tertiary/aromatic N) is 2. The normalized spacial score (nSPS) is 17.9. The van der Waals surface area contributed by atoms with Crippen molar-refractivity contribution in [1.29, 1.82) is 0 Å². The molecule has 0 aliphatic carbocycles. The number of halogens is 1. The highest BCUT2D eigenvalue weighted by Crippen LogP contribution is 2.36. The zero-order chi connectivity index (χ0) is 17.9. The van der Waals surface area contributed by atoms with Gasteiger partial charge in [-0.1, -0.05) is 6.07 Å². The maximum atomic E-state index is 13.1. The Morgan fingerprint density at radius 3 is 2.85 bits per heavy atom. The van der Waals surface area contributed by atoms with E-state index in [0.717, 1.165) is 30.8 Å². The number of carbonyl (C=O) groups excluding carboxylic acids is 1. The van der Waals surface area contributed by atoms with Crippen LogP contribution >= 0.6 is 23.1 Å². The number of thioether (sulfide) groups is 1. The van der Waals surface area contributed by atoms with Crippen molar-refractivity contribution < 1.29 is 9.18 Å². The average molecular weight is 388 g/mol. The van der Waals surface area contributed by atoms with Gasteiger partial charge in [0.2, 0.25) is 0 Å². The van der Waals surface area contributed by atoms with Crippen LogP contribution in [0.25, 0.3) is 11.3 Å². The molecule has 0 spiro atoms. The highest BCUT2D eigenvalue weighted by molar-refractivity contribution is 7.99. The summed E-state index contributed by atoms with van der Waals surface area (Å²) in [4.78, 5) is 16.1. The van der Waals surface area contributed by atoms with Crippen molar-refractivity contribution in [2.75, 3.05) is 18.8 Å². The van der Waals surface area contributed by atoms with Crippen LogP contribution in [0.4, 0.5) is 4.39 Å². The van der Waals surface area contributed by atoms with Gasteiger partial charge in [0.1, 0.15) is 11.5 Å². The fraction of sp³-hybridized carbons (Fsp3) is 0.263. The van der Waals surface area contributed by atoms with Crippen LogP contribution in [-0.2, 0) is 0 Å². The van der Waals surface area contributed by atoms with Gasteiger partial charge < -0.3 is 4.90 Å². The zero-order valence-corrected chi connectivity index (χ0v) is 15.7. The Hall–Kier alpha value is -2.12. The van der Waals surface area contributed by atoms with E-state index in [1.807, 2.05) is 16.7 Å². The summed E-state index contributed by atoms with van der Waals surface area (Å²) in [5.41, 5.74) is 1.91. The molecule has 0 unspecified atom stereocenters. The first-order valence-corrected chi connectivity index (χ1v) is 10.4. The first-order chi connectivity index (χ1) is 12.7. The van der Waals surface area contributed by atoms with Crippen LogP contribution in [0.2, 0.25) is 0 Å². The molecule has 0 radical (unpaired) electrons. The second-order valence-corrected chi connectivity index (χ2v) is 8.42. The molecule has 1 aliphatic rings. The number of amides is 1. The van der Waals surface area contributed by atoms with Crippen molar-refractivity contribution in [2.45, 2.75) is 11.7 Å². The van der Waals surface area contributed by atoms with E-state index in [-0.39, 0.29) is 11.7 Å². The molecule has 1 saturated heterocycles. The van der Waals surface area contributed by atoms with E-state index in [2.05, 4.69) is 27.7 Å². The van der Waals surface area contributed by atoms with Crippen LogP contribution in [0.15, 0.2) is 47.8 Å². The maximum absolute atomic E-state index is 13.1. The van der Waals surface area contributed by atoms with Gasteiger partial charge in [-0.25, -0.2) is 4.39 Å².